The van der Waals surface area contributed by atoms with Crippen molar-refractivity contribution in [2.75, 3.05) is 53.3 Å². The van der Waals surface area contributed by atoms with Crippen molar-refractivity contribution >= 4 is 174 Å². The second-order valence-corrected chi connectivity index (χ2v) is 32.5. The van der Waals surface area contributed by atoms with Crippen molar-refractivity contribution < 1.29 is 150 Å². The minimum atomic E-state index is -1.44. The van der Waals surface area contributed by atoms with Gasteiger partial charge in [0.15, 0.2) is 0 Å². The summed E-state index contributed by atoms with van der Waals surface area (Å²) < 4.78 is 66.7. The minimum Gasteiger partial charge on any atom is -1.00 e. The maximum absolute atomic E-state index is 13.8. The van der Waals surface area contributed by atoms with Crippen LogP contribution < -0.4 is 40.2 Å². The van der Waals surface area contributed by atoms with Crippen LogP contribution in [-0.4, -0.2) is 226 Å². The number of likely N-dealkylation sites (N-methyl/N-ethyl adjacent to an activating group) is 4. The molecule has 5 amide bonds. The number of aliphatic hydroxyl groups excluding tert-OH is 1. The summed E-state index contributed by atoms with van der Waals surface area (Å²) in [6, 6.07) is 37.3. The number of esters is 4. The monoisotopic (exact) mass is 1970 g/mol. The molecule has 8 rings (SSSR count). The van der Waals surface area contributed by atoms with Crippen LogP contribution in [0.3, 0.4) is 0 Å². The quantitative estimate of drug-likeness (QED) is 0.0103. The molecule has 3 radical (unpaired) electrons. The molecule has 132 heavy (non-hydrogen) atoms. The van der Waals surface area contributed by atoms with Crippen LogP contribution in [0.25, 0.3) is 10.8 Å². The summed E-state index contributed by atoms with van der Waals surface area (Å²) in [5.74, 6) is -3.86. The molecule has 2 unspecified atom stereocenters. The Hall–Kier alpha value is -9.55. The number of aliphatic hydroxyl groups is 1. The Morgan fingerprint density at radius 1 is 0.576 bits per heavy atom. The number of nitrogens with zero attached hydrogens (tertiary/aromatic N) is 7. The summed E-state index contributed by atoms with van der Waals surface area (Å²) in [6.45, 7) is 24.5. The van der Waals surface area contributed by atoms with Crippen molar-refractivity contribution in [3.8, 4) is 0 Å². The van der Waals surface area contributed by atoms with Gasteiger partial charge in [0.25, 0.3) is 0 Å². The topological polar surface area (TPSA) is 405 Å². The molecule has 0 saturated carbocycles. The number of hydrogen-bond acceptors (Lipinski definition) is 26. The van der Waals surface area contributed by atoms with Gasteiger partial charge in [0, 0.05) is 98.5 Å². The average Bonchev–Trinajstić information content (AvgIpc) is 1.70. The summed E-state index contributed by atoms with van der Waals surface area (Å²) in [7, 11) is 5.70. The maximum atomic E-state index is 13.8. The van der Waals surface area contributed by atoms with Gasteiger partial charge in [0.05, 0.1) is 48.7 Å². The average molecular weight is 1970 g/mol. The molecular formula is C90H127BCl2FN9NaO24S4. The number of anilines is 1. The van der Waals surface area contributed by atoms with Crippen LogP contribution in [0.2, 0.25) is 5.02 Å². The van der Waals surface area contributed by atoms with E-state index >= 15 is 0 Å². The molecule has 1 aliphatic rings. The third-order valence-corrected chi connectivity index (χ3v) is 18.7. The molecule has 725 valence electrons. The number of benzene rings is 5. The van der Waals surface area contributed by atoms with Gasteiger partial charge in [-0.2, -0.15) is 54.0 Å². The largest absolute Gasteiger partial charge is 1.00 e. The molecule has 42 heteroatoms. The second kappa shape index (κ2) is 64.4. The molecule has 0 aliphatic carbocycles. The first-order valence-corrected chi connectivity index (χ1v) is 41.4. The fourth-order valence-electron chi connectivity index (χ4n) is 11.1. The van der Waals surface area contributed by atoms with Crippen LogP contribution in [0, 0.1) is 5.82 Å². The molecule has 6 atom stereocenters. The van der Waals surface area contributed by atoms with E-state index in [0.29, 0.717) is 24.2 Å². The Morgan fingerprint density at radius 3 is 1.48 bits per heavy atom. The van der Waals surface area contributed by atoms with E-state index in [9.17, 15) is 72.1 Å². The second-order valence-electron chi connectivity index (χ2n) is 31.8. The molecule has 5 aromatic carbocycles. The molecule has 0 fully saturated rings. The Kier molecular flexibility index (Phi) is 61.7. The number of halogens is 3. The van der Waals surface area contributed by atoms with Crippen LogP contribution in [0.5, 0.6) is 0 Å². The number of aryl methyl sites for hydroxylation is 1. The van der Waals surface area contributed by atoms with E-state index in [0.717, 1.165) is 74.8 Å². The zero-order chi connectivity index (χ0) is 94.0. The first kappa shape index (κ1) is 127. The van der Waals surface area contributed by atoms with E-state index < -0.39 is 132 Å². The third-order valence-electron chi connectivity index (χ3n) is 18.1. The van der Waals surface area contributed by atoms with E-state index in [2.05, 4.69) is 29.9 Å². The summed E-state index contributed by atoms with van der Waals surface area (Å²) >= 11 is 11.0. The van der Waals surface area contributed by atoms with E-state index in [1.807, 2.05) is 79.9 Å². The number of aromatic nitrogens is 3. The van der Waals surface area contributed by atoms with E-state index in [1.54, 1.807) is 168 Å². The summed E-state index contributed by atoms with van der Waals surface area (Å²) in [5, 5.41) is 26.6. The maximum Gasteiger partial charge on any atom is 1.00 e. The van der Waals surface area contributed by atoms with E-state index in [1.165, 1.54) is 32.1 Å². The number of pyridine rings is 1. The predicted molar refractivity (Wildman–Crippen MR) is 514 cm³/mol. The first-order valence-electron chi connectivity index (χ1n) is 40.6. The standard InChI is InChI=1S/C29H30ClFN6O3.C22H31NO8.C17H23NO6.C17H25NO5.C5H9ClO2.B.Na.4H2S.H/c1-36(27(38)10-9-19-7-4-8-24(31)28(19)30)22(14-26-34-17-23-16-32-11-12-37(23)26)18-40-29(39)35-25-13-20-5-2-3-6-21(20)15-33-25;1-7-15(2)29-21(27)30-19(25)17(13-18(24)31-22(3,4)5)23(6)20(26)28-14-16-11-9-8-10-12-16;1-17(2,3)24-14(19)10-13(15(20)21)18(4)16(22)23-11-12-8-6-5-7-9-12;1-17(2,3)23-15(20)10-14(11-19)18(4)16(21)22-12-13-8-6-5-7-9-13;1-3-4(2)8-5(6)7;;;;;;;/h2-8,13,15,17,22,32H,9-12,14,16,18H2,1H3,(H,33,35,39);8-12,15,17H,7,13-14H2,1-6H3;5-9,13H,10-11H2,1-4H3,(H,20,21);5-9,14,19H,10-12H2,1-4H3;4H,3H2,1-2H3;;;4*1H2;/q;;;;;;+1;;;;;-1/t22-;15?,17-;13-;14-;;;;;;;;/m0000......../s1. The predicted octanol–water partition coefficient (Wildman–Crippen LogP) is 12.5. The van der Waals surface area contributed by atoms with Crippen molar-refractivity contribution in [1.82, 2.24) is 39.5 Å². The van der Waals surface area contributed by atoms with Crippen molar-refractivity contribution in [2.45, 2.75) is 227 Å². The van der Waals surface area contributed by atoms with Gasteiger partial charge in [-0.25, -0.2) is 52.7 Å². The Labute approximate surface area is 835 Å². The fraction of sp³-hybridized carbons (Fsp3) is 0.467. The van der Waals surface area contributed by atoms with Crippen molar-refractivity contribution in [2.24, 2.45) is 0 Å². The molecule has 0 saturated heterocycles. The normalized spacial score (nSPS) is 12.2. The number of ether oxygens (including phenoxy) is 10. The van der Waals surface area contributed by atoms with Crippen LogP contribution in [0.15, 0.2) is 152 Å². The molecule has 0 spiro atoms. The van der Waals surface area contributed by atoms with Crippen molar-refractivity contribution in [1.29, 1.82) is 0 Å². The number of rotatable bonds is 31. The number of carboxylic acid groups (broad SMARTS) is 1. The van der Waals surface area contributed by atoms with Gasteiger partial charge in [-0.15, -0.1) is 0 Å². The first-order chi connectivity index (χ1) is 59.3. The number of imidazole rings is 1. The molecule has 3 heterocycles. The zero-order valence-electron chi connectivity index (χ0n) is 78.9. The Morgan fingerprint density at radius 2 is 1.02 bits per heavy atom. The number of carbonyl (C=O) groups excluding carboxylic acids is 11. The van der Waals surface area contributed by atoms with Crippen LogP contribution >= 0.6 is 77.2 Å². The molecule has 7 aromatic rings. The van der Waals surface area contributed by atoms with Gasteiger partial charge in [-0.1, -0.05) is 153 Å². The van der Waals surface area contributed by atoms with Crippen molar-refractivity contribution in [3.63, 3.8) is 0 Å². The van der Waals surface area contributed by atoms with Crippen LogP contribution in [0.1, 0.15) is 164 Å². The number of aliphatic carboxylic acids is 1. The van der Waals surface area contributed by atoms with Gasteiger partial charge in [-0.05, 0) is 135 Å². The molecular weight excluding hydrogens is 1840 g/mol. The van der Waals surface area contributed by atoms with Crippen LogP contribution in [0.4, 0.5) is 39.0 Å². The number of hydrogen-bond donors (Lipinski definition) is 4. The number of fused-ring (bicyclic) bond motifs is 2. The number of carboxylic acids is 1. The third kappa shape index (κ3) is 49.4. The molecule has 4 N–H and O–H groups in total. The molecule has 0 bridgehead atoms. The Balaban J connectivity index is -0.000000814. The fourth-order valence-corrected chi connectivity index (χ4v) is 11.4. The van der Waals surface area contributed by atoms with Gasteiger partial charge < -0.3 is 78.7 Å². The summed E-state index contributed by atoms with van der Waals surface area (Å²) in [4.78, 5) is 157. The van der Waals surface area contributed by atoms with Crippen molar-refractivity contribution in [3.05, 3.63) is 197 Å². The molecule has 1 aliphatic heterocycles. The van der Waals surface area contributed by atoms with Gasteiger partial charge in [-0.3, -0.25) is 34.3 Å². The number of amides is 5. The van der Waals surface area contributed by atoms with E-state index in [4.69, 9.17) is 65.8 Å². The summed E-state index contributed by atoms with van der Waals surface area (Å²) in [5.41, 5.74) is 1.15. The molecule has 2 aromatic heterocycles. The SMILES string of the molecule is CCC(C)OC(=O)Cl.CCC(C)OC(=O)OC(=O)[C@H](CC(=O)OC(C)(C)C)N(C)C(=O)OCc1ccccc1.CN(C(=O)CCc1cccc(F)c1Cl)[C@H](COC(=O)Nc1cc2ccccc2cn1)Cc1ncc2n1CCNC2.CN(C(=O)OCc1ccccc1)[C@@H](CC(=O)OC(C)(C)C)C(=O)O.CN(C(=O)OCc1ccccc1)[C@H](CO)CC(=O)OC(C)(C)C.S.S.S.S.[B].[H-].[Na+]. The van der Waals surface area contributed by atoms with Gasteiger partial charge in [0.2, 0.25) is 5.91 Å². The minimum absolute atomic E-state index is 0. The van der Waals surface area contributed by atoms with Gasteiger partial charge in [0.1, 0.15) is 85.0 Å². The van der Waals surface area contributed by atoms with Crippen LogP contribution in [-0.2, 0) is 122 Å². The zero-order valence-corrected chi connectivity index (χ0v) is 85.4. The Bertz CT molecular complexity index is 4720. The summed E-state index contributed by atoms with van der Waals surface area (Å²) in [6.07, 6.45) is -0.133. The molecule has 33 nitrogen and oxygen atoms in total. The number of carbonyl (C=O) groups is 12. The smallest absolute Gasteiger partial charge is 1.00 e. The number of nitrogens with one attached hydrogen (secondary N) is 2. The van der Waals surface area contributed by atoms with Gasteiger partial charge >= 0.3 is 95.4 Å². The van der Waals surface area contributed by atoms with E-state index in [-0.39, 0.29) is 163 Å².